The Labute approximate surface area is 240 Å². The third-order valence-corrected chi connectivity index (χ3v) is 6.77. The fourth-order valence-electron chi connectivity index (χ4n) is 3.92. The first kappa shape index (κ1) is 29.2. The molecule has 0 saturated carbocycles. The number of rotatable bonds is 12. The molecule has 1 heterocycles. The summed E-state index contributed by atoms with van der Waals surface area (Å²) in [7, 11) is 5.93. The SMILES string of the molecule is COc1ccccc1-n1c(CNC(=O)c2cc(OC)c(OC)c(OC)c2)nnc1SCC(=O)Nc1ccccc1F. The standard InChI is InChI=1S/C28H28FN5O6S/c1-37-21-12-8-7-11-20(21)34-24(15-30-27(36)17-13-22(38-2)26(40-4)23(14-17)39-3)32-33-28(34)41-16-25(35)31-19-10-6-5-9-18(19)29/h5-14H,15-16H2,1-4H3,(H,30,36)(H,31,35). The van der Waals surface area contributed by atoms with Crippen LogP contribution in [-0.2, 0) is 11.3 Å². The van der Waals surface area contributed by atoms with Gasteiger partial charge in [-0.1, -0.05) is 36.0 Å². The van der Waals surface area contributed by atoms with Crippen molar-refractivity contribution in [2.24, 2.45) is 0 Å². The van der Waals surface area contributed by atoms with Gasteiger partial charge in [0.1, 0.15) is 11.6 Å². The summed E-state index contributed by atoms with van der Waals surface area (Å²) < 4.78 is 37.2. The molecule has 41 heavy (non-hydrogen) atoms. The molecule has 4 rings (SSSR count). The molecule has 0 spiro atoms. The van der Waals surface area contributed by atoms with Crippen LogP contribution in [0.1, 0.15) is 16.2 Å². The molecule has 1 aromatic heterocycles. The number of hydrogen-bond donors (Lipinski definition) is 2. The Morgan fingerprint density at radius 3 is 2.20 bits per heavy atom. The fourth-order valence-corrected chi connectivity index (χ4v) is 4.68. The number of thioether (sulfide) groups is 1. The second kappa shape index (κ2) is 13.5. The van der Waals surface area contributed by atoms with Crippen molar-refractivity contribution >= 4 is 29.3 Å². The number of ether oxygens (including phenoxy) is 4. The number of benzene rings is 3. The van der Waals surface area contributed by atoms with Crippen molar-refractivity contribution in [2.45, 2.75) is 11.7 Å². The topological polar surface area (TPSA) is 126 Å². The molecule has 0 radical (unpaired) electrons. The zero-order valence-electron chi connectivity index (χ0n) is 22.8. The summed E-state index contributed by atoms with van der Waals surface area (Å²) in [4.78, 5) is 25.7. The van der Waals surface area contributed by atoms with Crippen LogP contribution < -0.4 is 29.6 Å². The fraction of sp³-hybridized carbons (Fsp3) is 0.214. The first-order valence-electron chi connectivity index (χ1n) is 12.2. The van der Waals surface area contributed by atoms with Gasteiger partial charge in [-0.25, -0.2) is 4.39 Å². The van der Waals surface area contributed by atoms with Gasteiger partial charge in [0, 0.05) is 5.56 Å². The molecule has 2 N–H and O–H groups in total. The molecule has 3 aromatic carbocycles. The second-order valence-electron chi connectivity index (χ2n) is 8.32. The predicted molar refractivity (Wildman–Crippen MR) is 151 cm³/mol. The van der Waals surface area contributed by atoms with Crippen molar-refractivity contribution < 1.29 is 32.9 Å². The number of aromatic nitrogens is 3. The van der Waals surface area contributed by atoms with Gasteiger partial charge in [0.05, 0.1) is 52.1 Å². The summed E-state index contributed by atoms with van der Waals surface area (Å²) in [6.07, 6.45) is 0. The van der Waals surface area contributed by atoms with Gasteiger partial charge in [0.25, 0.3) is 5.91 Å². The molecule has 2 amide bonds. The van der Waals surface area contributed by atoms with Crippen molar-refractivity contribution in [3.8, 4) is 28.7 Å². The van der Waals surface area contributed by atoms with Crippen LogP contribution in [0.3, 0.4) is 0 Å². The third kappa shape index (κ3) is 6.69. The van der Waals surface area contributed by atoms with E-state index < -0.39 is 17.6 Å². The minimum atomic E-state index is -0.534. The molecule has 0 aliphatic carbocycles. The minimum absolute atomic E-state index is 0.0114. The molecule has 0 aliphatic heterocycles. The Morgan fingerprint density at radius 1 is 0.878 bits per heavy atom. The van der Waals surface area contributed by atoms with Gasteiger partial charge >= 0.3 is 0 Å². The summed E-state index contributed by atoms with van der Waals surface area (Å²) in [5.41, 5.74) is 0.968. The molecule has 0 fully saturated rings. The maximum absolute atomic E-state index is 14.0. The molecule has 0 unspecified atom stereocenters. The monoisotopic (exact) mass is 581 g/mol. The number of hydrogen-bond acceptors (Lipinski definition) is 9. The second-order valence-corrected chi connectivity index (χ2v) is 9.26. The van der Waals surface area contributed by atoms with E-state index in [-0.39, 0.29) is 23.5 Å². The predicted octanol–water partition coefficient (Wildman–Crippen LogP) is 4.10. The maximum Gasteiger partial charge on any atom is 0.251 e. The van der Waals surface area contributed by atoms with Crippen LogP contribution >= 0.6 is 11.8 Å². The van der Waals surface area contributed by atoms with Gasteiger partial charge in [-0.3, -0.25) is 14.2 Å². The van der Waals surface area contributed by atoms with Gasteiger partial charge in [-0.15, -0.1) is 10.2 Å². The van der Waals surface area contributed by atoms with E-state index >= 15 is 0 Å². The van der Waals surface area contributed by atoms with Gasteiger partial charge in [-0.05, 0) is 36.4 Å². The highest BCUT2D eigenvalue weighted by Crippen LogP contribution is 2.38. The molecule has 13 heteroatoms. The summed E-state index contributed by atoms with van der Waals surface area (Å²) in [5.74, 6) is 0.498. The first-order chi connectivity index (χ1) is 19.9. The molecule has 0 atom stereocenters. The number of nitrogens with one attached hydrogen (secondary N) is 2. The van der Waals surface area contributed by atoms with Crippen molar-refractivity contribution in [2.75, 3.05) is 39.5 Å². The van der Waals surface area contributed by atoms with E-state index in [4.69, 9.17) is 18.9 Å². The highest BCUT2D eigenvalue weighted by Gasteiger charge is 2.21. The molecule has 4 aromatic rings. The molecule has 0 aliphatic rings. The van der Waals surface area contributed by atoms with Crippen molar-refractivity contribution in [1.29, 1.82) is 0 Å². The largest absolute Gasteiger partial charge is 0.495 e. The van der Waals surface area contributed by atoms with Crippen LogP contribution in [0.5, 0.6) is 23.0 Å². The average Bonchev–Trinajstić information content (AvgIpc) is 3.41. The van der Waals surface area contributed by atoms with Crippen molar-refractivity contribution in [3.63, 3.8) is 0 Å². The Hall–Kier alpha value is -4.78. The quantitative estimate of drug-likeness (QED) is 0.238. The van der Waals surface area contributed by atoms with Crippen LogP contribution in [-0.4, -0.2) is 60.8 Å². The summed E-state index contributed by atoms with van der Waals surface area (Å²) in [6.45, 7) is -0.0114. The van der Waals surface area contributed by atoms with Crippen molar-refractivity contribution in [1.82, 2.24) is 20.1 Å². The molecular formula is C28H28FN5O6S. The number of carbonyl (C=O) groups is 2. The van der Waals surface area contributed by atoms with E-state index in [0.29, 0.717) is 39.7 Å². The van der Waals surface area contributed by atoms with Gasteiger partial charge in [0.15, 0.2) is 22.5 Å². The van der Waals surface area contributed by atoms with E-state index in [1.165, 1.54) is 58.8 Å². The van der Waals surface area contributed by atoms with Crippen molar-refractivity contribution in [3.05, 3.63) is 77.9 Å². The zero-order valence-corrected chi connectivity index (χ0v) is 23.6. The van der Waals surface area contributed by atoms with Crippen LogP contribution in [0.25, 0.3) is 5.69 Å². The summed E-state index contributed by atoms with van der Waals surface area (Å²) in [5, 5.41) is 14.3. The molecular weight excluding hydrogens is 553 g/mol. The lowest BCUT2D eigenvalue weighted by molar-refractivity contribution is -0.113. The lowest BCUT2D eigenvalue weighted by Gasteiger charge is -2.15. The van der Waals surface area contributed by atoms with E-state index in [9.17, 15) is 14.0 Å². The lowest BCUT2D eigenvalue weighted by Crippen LogP contribution is -2.25. The van der Waals surface area contributed by atoms with Crippen LogP contribution in [0.2, 0.25) is 0 Å². The van der Waals surface area contributed by atoms with Gasteiger partial charge in [-0.2, -0.15) is 0 Å². The number of methoxy groups -OCH3 is 4. The minimum Gasteiger partial charge on any atom is -0.495 e. The number of amides is 2. The van der Waals surface area contributed by atoms with Gasteiger partial charge in [0.2, 0.25) is 11.7 Å². The third-order valence-electron chi connectivity index (χ3n) is 5.84. The number of halogens is 1. The maximum atomic E-state index is 14.0. The Bertz CT molecular complexity index is 1520. The van der Waals surface area contributed by atoms with Crippen LogP contribution in [0, 0.1) is 5.82 Å². The van der Waals surface area contributed by atoms with E-state index in [1.54, 1.807) is 22.8 Å². The van der Waals surface area contributed by atoms with Gasteiger partial charge < -0.3 is 29.6 Å². The molecule has 214 valence electrons. The normalized spacial score (nSPS) is 10.6. The average molecular weight is 582 g/mol. The molecule has 11 nitrogen and oxygen atoms in total. The zero-order chi connectivity index (χ0) is 29.4. The van der Waals surface area contributed by atoms with E-state index in [1.807, 2.05) is 12.1 Å². The number of anilines is 1. The number of nitrogens with zero attached hydrogens (tertiary/aromatic N) is 3. The lowest BCUT2D eigenvalue weighted by atomic mass is 10.1. The highest BCUT2D eigenvalue weighted by atomic mass is 32.2. The Balaban J connectivity index is 1.57. The number of para-hydroxylation sites is 3. The highest BCUT2D eigenvalue weighted by molar-refractivity contribution is 7.99. The molecule has 0 saturated heterocycles. The summed E-state index contributed by atoms with van der Waals surface area (Å²) >= 11 is 1.10. The summed E-state index contributed by atoms with van der Waals surface area (Å²) in [6, 6.07) is 16.2. The molecule has 0 bridgehead atoms. The Kier molecular flexibility index (Phi) is 9.64. The van der Waals surface area contributed by atoms with Crippen LogP contribution in [0.4, 0.5) is 10.1 Å². The van der Waals surface area contributed by atoms with Crippen LogP contribution in [0.15, 0.2) is 65.8 Å². The van der Waals surface area contributed by atoms with E-state index in [0.717, 1.165) is 11.8 Å². The first-order valence-corrected chi connectivity index (χ1v) is 13.2. The Morgan fingerprint density at radius 2 is 1.54 bits per heavy atom. The smallest absolute Gasteiger partial charge is 0.251 e. The van der Waals surface area contributed by atoms with E-state index in [2.05, 4.69) is 20.8 Å². The number of carbonyl (C=O) groups excluding carboxylic acids is 2.